The molecule has 3 aromatic rings. The Kier molecular flexibility index (Phi) is 7.82. The molecule has 0 saturated carbocycles. The highest BCUT2D eigenvalue weighted by Gasteiger charge is 2.19. The summed E-state index contributed by atoms with van der Waals surface area (Å²) in [5.74, 6) is 0.920. The van der Waals surface area contributed by atoms with Crippen LogP contribution in [0.15, 0.2) is 66.9 Å². The van der Waals surface area contributed by atoms with E-state index in [-0.39, 0.29) is 5.91 Å². The summed E-state index contributed by atoms with van der Waals surface area (Å²) in [4.78, 5) is 26.0. The molecule has 0 unspecified atom stereocenters. The third-order valence-corrected chi connectivity index (χ3v) is 5.98. The molecule has 7 heteroatoms. The van der Waals surface area contributed by atoms with Crippen LogP contribution in [0.2, 0.25) is 5.02 Å². The van der Waals surface area contributed by atoms with Crippen molar-refractivity contribution in [2.45, 2.75) is 12.8 Å². The van der Waals surface area contributed by atoms with Crippen LogP contribution in [0.4, 0.5) is 5.82 Å². The Morgan fingerprint density at radius 1 is 0.938 bits per heavy atom. The Hall–Kier alpha value is -2.80. The van der Waals surface area contributed by atoms with Crippen LogP contribution >= 0.6 is 11.6 Å². The van der Waals surface area contributed by atoms with Crippen molar-refractivity contribution in [2.75, 3.05) is 44.6 Å². The Morgan fingerprint density at radius 3 is 2.44 bits per heavy atom. The van der Waals surface area contributed by atoms with Gasteiger partial charge in [-0.05, 0) is 43.1 Å². The van der Waals surface area contributed by atoms with E-state index < -0.39 is 0 Å². The van der Waals surface area contributed by atoms with Crippen molar-refractivity contribution in [1.29, 1.82) is 0 Å². The molecule has 1 aliphatic heterocycles. The summed E-state index contributed by atoms with van der Waals surface area (Å²) in [5, 5.41) is 3.48. The predicted octanol–water partition coefficient (Wildman–Crippen LogP) is 3.99. The Morgan fingerprint density at radius 2 is 1.66 bits per heavy atom. The van der Waals surface area contributed by atoms with Crippen molar-refractivity contribution in [3.63, 3.8) is 0 Å². The standard InChI is InChI=1S/C25H28ClN5O/c26-22-11-5-4-10-21(22)25-27-13-12-23(29-25)28-24(32)19-31-17-15-30(16-18-31)14-6-9-20-7-2-1-3-8-20/h1-5,7-8,10-13H,6,9,14-19H2,(H,27,28,29,32). The number of hydrogen-bond donors (Lipinski definition) is 1. The second-order valence-electron chi connectivity index (χ2n) is 8.00. The van der Waals surface area contributed by atoms with Gasteiger partial charge in [0.1, 0.15) is 5.82 Å². The molecule has 0 atom stereocenters. The first kappa shape index (κ1) is 22.4. The largest absolute Gasteiger partial charge is 0.309 e. The van der Waals surface area contributed by atoms with Crippen molar-refractivity contribution < 1.29 is 4.79 Å². The smallest absolute Gasteiger partial charge is 0.239 e. The van der Waals surface area contributed by atoms with Crippen LogP contribution in [0.5, 0.6) is 0 Å². The molecule has 0 aliphatic carbocycles. The third-order valence-electron chi connectivity index (χ3n) is 5.65. The van der Waals surface area contributed by atoms with Crippen molar-refractivity contribution in [3.05, 3.63) is 77.4 Å². The zero-order chi connectivity index (χ0) is 22.2. The highest BCUT2D eigenvalue weighted by Crippen LogP contribution is 2.24. The average molecular weight is 450 g/mol. The normalized spacial score (nSPS) is 14.9. The number of nitrogens with zero attached hydrogens (tertiary/aromatic N) is 4. The first-order valence-corrected chi connectivity index (χ1v) is 11.4. The molecule has 1 aromatic heterocycles. The Balaban J connectivity index is 1.21. The van der Waals surface area contributed by atoms with E-state index >= 15 is 0 Å². The van der Waals surface area contributed by atoms with Gasteiger partial charge in [0.25, 0.3) is 0 Å². The van der Waals surface area contributed by atoms with Crippen LogP contribution in [-0.4, -0.2) is 64.9 Å². The van der Waals surface area contributed by atoms with Gasteiger partial charge in [-0.1, -0.05) is 54.1 Å². The van der Waals surface area contributed by atoms with Crippen molar-refractivity contribution in [1.82, 2.24) is 19.8 Å². The van der Waals surface area contributed by atoms with Gasteiger partial charge in [0, 0.05) is 37.9 Å². The zero-order valence-electron chi connectivity index (χ0n) is 18.1. The summed E-state index contributed by atoms with van der Waals surface area (Å²) in [7, 11) is 0. The van der Waals surface area contributed by atoms with Crippen molar-refractivity contribution >= 4 is 23.3 Å². The quantitative estimate of drug-likeness (QED) is 0.563. The van der Waals surface area contributed by atoms with E-state index in [1.54, 1.807) is 18.3 Å². The number of piperazine rings is 1. The molecule has 6 nitrogen and oxygen atoms in total. The van der Waals surface area contributed by atoms with Crippen LogP contribution in [0.3, 0.4) is 0 Å². The summed E-state index contributed by atoms with van der Waals surface area (Å²) in [6.45, 7) is 5.24. The van der Waals surface area contributed by atoms with Gasteiger partial charge in [0.2, 0.25) is 5.91 Å². The number of amides is 1. The lowest BCUT2D eigenvalue weighted by atomic mass is 10.1. The monoisotopic (exact) mass is 449 g/mol. The molecule has 2 heterocycles. The molecule has 166 valence electrons. The maximum absolute atomic E-state index is 12.6. The van der Waals surface area contributed by atoms with E-state index in [0.29, 0.717) is 23.2 Å². The van der Waals surface area contributed by atoms with Gasteiger partial charge in [-0.25, -0.2) is 9.97 Å². The molecule has 4 rings (SSSR count). The third kappa shape index (κ3) is 6.36. The maximum atomic E-state index is 12.6. The molecule has 1 N–H and O–H groups in total. The number of carbonyl (C=O) groups is 1. The fraction of sp³-hybridized carbons (Fsp3) is 0.320. The number of hydrogen-bond acceptors (Lipinski definition) is 5. The number of rotatable bonds is 8. The molecular formula is C25H28ClN5O. The highest BCUT2D eigenvalue weighted by atomic mass is 35.5. The van der Waals surface area contributed by atoms with E-state index in [2.05, 4.69) is 55.4 Å². The van der Waals surface area contributed by atoms with Crippen molar-refractivity contribution in [3.8, 4) is 11.4 Å². The van der Waals surface area contributed by atoms with E-state index in [0.717, 1.165) is 51.1 Å². The molecule has 1 fully saturated rings. The van der Waals surface area contributed by atoms with Gasteiger partial charge in [0.05, 0.1) is 11.6 Å². The van der Waals surface area contributed by atoms with Crippen LogP contribution < -0.4 is 5.32 Å². The summed E-state index contributed by atoms with van der Waals surface area (Å²) in [6, 6.07) is 19.7. The molecule has 2 aromatic carbocycles. The van der Waals surface area contributed by atoms with Crippen LogP contribution in [0.25, 0.3) is 11.4 Å². The first-order valence-electron chi connectivity index (χ1n) is 11.0. The molecule has 1 aliphatic rings. The van der Waals surface area contributed by atoms with E-state index in [1.807, 2.05) is 18.2 Å². The topological polar surface area (TPSA) is 61.4 Å². The fourth-order valence-corrected chi connectivity index (χ4v) is 4.13. The maximum Gasteiger partial charge on any atom is 0.239 e. The second kappa shape index (κ2) is 11.2. The summed E-state index contributed by atoms with van der Waals surface area (Å²) < 4.78 is 0. The number of aryl methyl sites for hydroxylation is 1. The summed E-state index contributed by atoms with van der Waals surface area (Å²) in [6.07, 6.45) is 3.90. The Bertz CT molecular complexity index is 1020. The number of benzene rings is 2. The van der Waals surface area contributed by atoms with E-state index in [1.165, 1.54) is 5.56 Å². The zero-order valence-corrected chi connectivity index (χ0v) is 18.8. The van der Waals surface area contributed by atoms with Crippen LogP contribution in [0.1, 0.15) is 12.0 Å². The minimum absolute atomic E-state index is 0.0636. The summed E-state index contributed by atoms with van der Waals surface area (Å²) >= 11 is 6.24. The SMILES string of the molecule is O=C(CN1CCN(CCCc2ccccc2)CC1)Nc1ccnc(-c2ccccc2Cl)n1. The lowest BCUT2D eigenvalue weighted by Crippen LogP contribution is -2.48. The number of nitrogens with one attached hydrogen (secondary N) is 1. The lowest BCUT2D eigenvalue weighted by Gasteiger charge is -2.34. The molecule has 32 heavy (non-hydrogen) atoms. The molecule has 1 amide bonds. The highest BCUT2D eigenvalue weighted by molar-refractivity contribution is 6.33. The van der Waals surface area contributed by atoms with Gasteiger partial charge >= 0.3 is 0 Å². The van der Waals surface area contributed by atoms with Gasteiger partial charge in [-0.3, -0.25) is 9.69 Å². The second-order valence-corrected chi connectivity index (χ2v) is 8.41. The number of aromatic nitrogens is 2. The molecule has 0 spiro atoms. The molecule has 0 radical (unpaired) electrons. The average Bonchev–Trinajstić information content (AvgIpc) is 2.81. The first-order chi connectivity index (χ1) is 15.7. The molecular weight excluding hydrogens is 422 g/mol. The van der Waals surface area contributed by atoms with Gasteiger partial charge < -0.3 is 10.2 Å². The number of carbonyl (C=O) groups excluding carboxylic acids is 1. The minimum Gasteiger partial charge on any atom is -0.309 e. The van der Waals surface area contributed by atoms with Gasteiger partial charge in [-0.15, -0.1) is 0 Å². The Labute approximate surface area is 194 Å². The van der Waals surface area contributed by atoms with Crippen LogP contribution in [-0.2, 0) is 11.2 Å². The van der Waals surface area contributed by atoms with E-state index in [4.69, 9.17) is 11.6 Å². The lowest BCUT2D eigenvalue weighted by molar-refractivity contribution is -0.117. The minimum atomic E-state index is -0.0636. The van der Waals surface area contributed by atoms with E-state index in [9.17, 15) is 4.79 Å². The van der Waals surface area contributed by atoms with Crippen molar-refractivity contribution in [2.24, 2.45) is 0 Å². The predicted molar refractivity (Wildman–Crippen MR) is 129 cm³/mol. The molecule has 1 saturated heterocycles. The van der Waals surface area contributed by atoms with Gasteiger partial charge in [0.15, 0.2) is 5.82 Å². The number of halogens is 1. The number of anilines is 1. The molecule has 0 bridgehead atoms. The van der Waals surface area contributed by atoms with Gasteiger partial charge in [-0.2, -0.15) is 0 Å². The summed E-state index contributed by atoms with van der Waals surface area (Å²) in [5.41, 5.74) is 2.14. The fourth-order valence-electron chi connectivity index (χ4n) is 3.91. The van der Waals surface area contributed by atoms with Crippen LogP contribution in [0, 0.1) is 0 Å².